The molecule has 1 unspecified atom stereocenters. The number of halogens is 2. The van der Waals surface area contributed by atoms with E-state index >= 15 is 0 Å². The van der Waals surface area contributed by atoms with Crippen LogP contribution in [0.5, 0.6) is 0 Å². The van der Waals surface area contributed by atoms with E-state index in [9.17, 15) is 18.7 Å². The van der Waals surface area contributed by atoms with Gasteiger partial charge in [0.1, 0.15) is 17.0 Å². The van der Waals surface area contributed by atoms with Gasteiger partial charge in [0.05, 0.1) is 0 Å². The van der Waals surface area contributed by atoms with Crippen molar-refractivity contribution in [2.75, 3.05) is 6.54 Å². The highest BCUT2D eigenvalue weighted by Crippen LogP contribution is 2.30. The topological polar surface area (TPSA) is 63.3 Å². The van der Waals surface area contributed by atoms with E-state index in [1.165, 1.54) is 11.3 Å². The summed E-state index contributed by atoms with van der Waals surface area (Å²) in [6.45, 7) is -0.249. The number of aliphatic carboxylic acids is 1. The first kappa shape index (κ1) is 14.6. The van der Waals surface area contributed by atoms with Gasteiger partial charge in [-0.05, 0) is 46.5 Å². The Labute approximate surface area is 118 Å². The fourth-order valence-electron chi connectivity index (χ4n) is 2.15. The third-order valence-corrected chi connectivity index (χ3v) is 3.99. The van der Waals surface area contributed by atoms with Crippen molar-refractivity contribution in [3.8, 4) is 0 Å². The highest BCUT2D eigenvalue weighted by atomic mass is 32.1. The van der Waals surface area contributed by atoms with Crippen LogP contribution in [0.25, 0.3) is 0 Å². The average Bonchev–Trinajstić information content (AvgIpc) is 2.87. The summed E-state index contributed by atoms with van der Waals surface area (Å²) in [7, 11) is 0. The molecule has 0 aliphatic carbocycles. The van der Waals surface area contributed by atoms with E-state index in [2.05, 4.69) is 0 Å². The molecule has 1 atom stereocenters. The van der Waals surface area contributed by atoms with Crippen molar-refractivity contribution in [2.24, 2.45) is 5.73 Å². The van der Waals surface area contributed by atoms with Crippen LogP contribution in [0.4, 0.5) is 8.78 Å². The molecule has 0 aliphatic heterocycles. The Morgan fingerprint density at radius 1 is 1.30 bits per heavy atom. The molecule has 20 heavy (non-hydrogen) atoms. The second kappa shape index (κ2) is 5.68. The van der Waals surface area contributed by atoms with E-state index in [0.717, 1.165) is 17.7 Å². The Balaban J connectivity index is 2.53. The number of thiophene rings is 1. The highest BCUT2D eigenvalue weighted by Gasteiger charge is 2.40. The lowest BCUT2D eigenvalue weighted by Gasteiger charge is -2.28. The van der Waals surface area contributed by atoms with E-state index in [0.29, 0.717) is 6.07 Å². The number of nitrogens with two attached hydrogens (primary N) is 1. The minimum Gasteiger partial charge on any atom is -0.481 e. The first-order chi connectivity index (χ1) is 9.48. The van der Waals surface area contributed by atoms with Crippen LogP contribution in [-0.2, 0) is 16.6 Å². The third kappa shape index (κ3) is 2.71. The summed E-state index contributed by atoms with van der Waals surface area (Å²) >= 11 is 1.42. The second-order valence-electron chi connectivity index (χ2n) is 4.56. The Kier molecular flexibility index (Phi) is 4.15. The maximum Gasteiger partial charge on any atom is 0.315 e. The molecule has 3 N–H and O–H groups in total. The van der Waals surface area contributed by atoms with Gasteiger partial charge in [-0.2, -0.15) is 11.3 Å². The van der Waals surface area contributed by atoms with Crippen LogP contribution in [0, 0.1) is 11.6 Å². The minimum atomic E-state index is -1.54. The molecule has 3 nitrogen and oxygen atoms in total. The van der Waals surface area contributed by atoms with Crippen molar-refractivity contribution in [3.63, 3.8) is 0 Å². The monoisotopic (exact) mass is 297 g/mol. The van der Waals surface area contributed by atoms with E-state index < -0.39 is 23.0 Å². The molecule has 0 amide bonds. The molecule has 1 aromatic heterocycles. The van der Waals surface area contributed by atoms with E-state index in [-0.39, 0.29) is 18.5 Å². The average molecular weight is 297 g/mol. The molecule has 6 heteroatoms. The summed E-state index contributed by atoms with van der Waals surface area (Å²) in [5.74, 6) is -2.83. The van der Waals surface area contributed by atoms with Gasteiger partial charge >= 0.3 is 5.97 Å². The molecule has 0 fully saturated rings. The lowest BCUT2D eigenvalue weighted by molar-refractivity contribution is -0.143. The lowest BCUT2D eigenvalue weighted by atomic mass is 9.76. The van der Waals surface area contributed by atoms with Crippen LogP contribution in [0.15, 0.2) is 35.0 Å². The molecule has 0 spiro atoms. The summed E-state index contributed by atoms with van der Waals surface area (Å²) in [4.78, 5) is 11.7. The van der Waals surface area contributed by atoms with Gasteiger partial charge in [-0.15, -0.1) is 0 Å². The Morgan fingerprint density at radius 3 is 2.40 bits per heavy atom. The maximum absolute atomic E-state index is 13.4. The normalized spacial score (nSPS) is 13.9. The van der Waals surface area contributed by atoms with Crippen LogP contribution >= 0.6 is 11.3 Å². The molecule has 2 rings (SSSR count). The molecule has 2 aromatic rings. The summed E-state index contributed by atoms with van der Waals surface area (Å²) in [5.41, 5.74) is 4.91. The molecular weight excluding hydrogens is 284 g/mol. The number of carboxylic acid groups (broad SMARTS) is 1. The molecule has 106 valence electrons. The fourth-order valence-corrected chi connectivity index (χ4v) is 2.82. The lowest BCUT2D eigenvalue weighted by Crippen LogP contribution is -2.45. The number of carboxylic acids is 1. The van der Waals surface area contributed by atoms with Gasteiger partial charge in [-0.3, -0.25) is 4.79 Å². The van der Waals surface area contributed by atoms with E-state index in [1.54, 1.807) is 11.4 Å². The number of benzene rings is 1. The van der Waals surface area contributed by atoms with Gasteiger partial charge in [0.2, 0.25) is 0 Å². The van der Waals surface area contributed by atoms with Crippen molar-refractivity contribution in [2.45, 2.75) is 11.8 Å². The Bertz CT molecular complexity index is 595. The molecular formula is C14H13F2NO2S. The first-order valence-electron chi connectivity index (χ1n) is 5.89. The summed E-state index contributed by atoms with van der Waals surface area (Å²) in [6.07, 6.45) is 0.0885. The predicted octanol–water partition coefficient (Wildman–Crippen LogP) is 2.55. The SMILES string of the molecule is NCC(Cc1ccsc1)(C(=O)O)c1cc(F)cc(F)c1. The van der Waals surface area contributed by atoms with Crippen molar-refractivity contribution in [1.82, 2.24) is 0 Å². The second-order valence-corrected chi connectivity index (χ2v) is 5.34. The van der Waals surface area contributed by atoms with Gasteiger partial charge in [0.25, 0.3) is 0 Å². The largest absolute Gasteiger partial charge is 0.481 e. The molecule has 0 bridgehead atoms. The molecule has 0 saturated heterocycles. The molecule has 0 aliphatic rings. The van der Waals surface area contributed by atoms with Gasteiger partial charge in [0, 0.05) is 12.6 Å². The number of hydrogen-bond acceptors (Lipinski definition) is 3. The molecule has 1 aromatic carbocycles. The van der Waals surface area contributed by atoms with Gasteiger partial charge in [-0.1, -0.05) is 0 Å². The van der Waals surface area contributed by atoms with E-state index in [4.69, 9.17) is 5.73 Å². The standard InChI is InChI=1S/C14H13F2NO2S/c15-11-3-10(4-12(16)5-11)14(8-17,13(18)19)6-9-1-2-20-7-9/h1-5,7H,6,8,17H2,(H,18,19). The zero-order valence-electron chi connectivity index (χ0n) is 10.5. The quantitative estimate of drug-likeness (QED) is 0.891. The third-order valence-electron chi connectivity index (χ3n) is 3.26. The summed E-state index contributed by atoms with van der Waals surface area (Å²) in [6, 6.07) is 4.53. The zero-order valence-corrected chi connectivity index (χ0v) is 11.3. The number of rotatable bonds is 5. The van der Waals surface area contributed by atoms with Gasteiger partial charge < -0.3 is 10.8 Å². The number of hydrogen-bond donors (Lipinski definition) is 2. The Morgan fingerprint density at radius 2 is 1.95 bits per heavy atom. The van der Waals surface area contributed by atoms with Crippen LogP contribution in [0.3, 0.4) is 0 Å². The Hall–Kier alpha value is -1.79. The minimum absolute atomic E-state index is 0.0381. The predicted molar refractivity (Wildman–Crippen MR) is 72.7 cm³/mol. The summed E-state index contributed by atoms with van der Waals surface area (Å²) < 4.78 is 26.7. The highest BCUT2D eigenvalue weighted by molar-refractivity contribution is 7.07. The molecule has 0 radical (unpaired) electrons. The van der Waals surface area contributed by atoms with Crippen LogP contribution in [0.2, 0.25) is 0 Å². The number of carbonyl (C=O) groups is 1. The molecule has 0 saturated carbocycles. The maximum atomic E-state index is 13.4. The van der Waals surface area contributed by atoms with Crippen molar-refractivity contribution in [3.05, 3.63) is 57.8 Å². The van der Waals surface area contributed by atoms with Crippen molar-refractivity contribution in [1.29, 1.82) is 0 Å². The first-order valence-corrected chi connectivity index (χ1v) is 6.83. The van der Waals surface area contributed by atoms with Gasteiger partial charge in [-0.25, -0.2) is 8.78 Å². The fraction of sp³-hybridized carbons (Fsp3) is 0.214. The smallest absolute Gasteiger partial charge is 0.315 e. The van der Waals surface area contributed by atoms with E-state index in [1.807, 2.05) is 5.38 Å². The van der Waals surface area contributed by atoms with Crippen molar-refractivity contribution >= 4 is 17.3 Å². The zero-order chi connectivity index (χ0) is 14.8. The molecule has 1 heterocycles. The van der Waals surface area contributed by atoms with Crippen LogP contribution in [-0.4, -0.2) is 17.6 Å². The summed E-state index contributed by atoms with van der Waals surface area (Å²) in [5, 5.41) is 13.1. The van der Waals surface area contributed by atoms with Crippen LogP contribution < -0.4 is 5.73 Å². The van der Waals surface area contributed by atoms with Gasteiger partial charge in [0.15, 0.2) is 0 Å². The van der Waals surface area contributed by atoms with Crippen molar-refractivity contribution < 1.29 is 18.7 Å². The van der Waals surface area contributed by atoms with Crippen LogP contribution in [0.1, 0.15) is 11.1 Å².